The van der Waals surface area contributed by atoms with Crippen molar-refractivity contribution in [3.05, 3.63) is 35.9 Å². The molecule has 156 valence electrons. The van der Waals surface area contributed by atoms with E-state index < -0.39 is 18.3 Å². The summed E-state index contributed by atoms with van der Waals surface area (Å²) in [6.45, 7) is 3.00. The molecular weight excluding hydrogens is 362 g/mol. The van der Waals surface area contributed by atoms with Crippen LogP contribution in [0, 0.1) is 0 Å². The zero-order valence-corrected chi connectivity index (χ0v) is 16.4. The first-order valence-electron chi connectivity index (χ1n) is 9.89. The van der Waals surface area contributed by atoms with E-state index in [1.54, 1.807) is 4.90 Å². The Kier molecular flexibility index (Phi) is 7.64. The fraction of sp³-hybridized carbons (Fsp3) is 0.650. The van der Waals surface area contributed by atoms with Gasteiger partial charge < -0.3 is 29.9 Å². The summed E-state index contributed by atoms with van der Waals surface area (Å²) in [6, 6.07) is 9.70. The van der Waals surface area contributed by atoms with E-state index in [2.05, 4.69) is 22.3 Å². The van der Waals surface area contributed by atoms with Crippen molar-refractivity contribution in [3.8, 4) is 0 Å². The van der Waals surface area contributed by atoms with E-state index >= 15 is 0 Å². The van der Waals surface area contributed by atoms with Gasteiger partial charge in [0, 0.05) is 26.2 Å². The van der Waals surface area contributed by atoms with Crippen molar-refractivity contribution < 1.29 is 24.5 Å². The molecule has 3 rings (SSSR count). The smallest absolute Gasteiger partial charge is 0.317 e. The second kappa shape index (κ2) is 10.2. The summed E-state index contributed by atoms with van der Waals surface area (Å²) in [7, 11) is 1.94. The Morgan fingerprint density at radius 2 is 1.96 bits per heavy atom. The number of ether oxygens (including phenoxy) is 2. The molecule has 1 aromatic rings. The van der Waals surface area contributed by atoms with Crippen LogP contribution in [-0.4, -0.2) is 103 Å². The van der Waals surface area contributed by atoms with Gasteiger partial charge in [-0.15, -0.1) is 0 Å². The van der Waals surface area contributed by atoms with E-state index in [0.29, 0.717) is 26.3 Å². The zero-order valence-electron chi connectivity index (χ0n) is 16.4. The molecule has 28 heavy (non-hydrogen) atoms. The molecule has 2 amide bonds. The Morgan fingerprint density at radius 3 is 2.64 bits per heavy atom. The number of rotatable bonds is 7. The van der Waals surface area contributed by atoms with E-state index in [4.69, 9.17) is 9.47 Å². The van der Waals surface area contributed by atoms with Crippen molar-refractivity contribution in [2.24, 2.45) is 0 Å². The minimum Gasteiger partial charge on any atom is -0.394 e. The standard InChI is InChI=1S/C20H31N3O5/c1-22(8-7-15-5-3-2-4-6-15)18-16(28-17(14-24)19(18)25)13-21-20(26)23-9-11-27-12-10-23/h2-6,16-19,24-25H,7-14H2,1H3,(H,21,26)/t16-,17+,18-,19-/m1/s1. The van der Waals surface area contributed by atoms with E-state index in [9.17, 15) is 15.0 Å². The maximum absolute atomic E-state index is 12.4. The third-order valence-corrected chi connectivity index (χ3v) is 5.50. The van der Waals surface area contributed by atoms with Gasteiger partial charge in [-0.05, 0) is 19.0 Å². The number of carbonyl (C=O) groups is 1. The molecule has 0 radical (unpaired) electrons. The van der Waals surface area contributed by atoms with Crippen LogP contribution in [0.25, 0.3) is 0 Å². The lowest BCUT2D eigenvalue weighted by atomic mass is 10.0. The number of hydrogen-bond acceptors (Lipinski definition) is 6. The Balaban J connectivity index is 1.56. The molecule has 2 fully saturated rings. The van der Waals surface area contributed by atoms with Crippen molar-refractivity contribution in [1.82, 2.24) is 15.1 Å². The van der Waals surface area contributed by atoms with Crippen LogP contribution >= 0.6 is 0 Å². The molecule has 0 aliphatic carbocycles. The Hall–Kier alpha value is -1.71. The minimum atomic E-state index is -0.809. The number of aliphatic hydroxyl groups excluding tert-OH is 2. The fourth-order valence-electron chi connectivity index (χ4n) is 3.86. The molecule has 8 heteroatoms. The lowest BCUT2D eigenvalue weighted by Gasteiger charge is -2.31. The molecule has 0 spiro atoms. The van der Waals surface area contributed by atoms with Crippen molar-refractivity contribution in [2.45, 2.75) is 30.8 Å². The summed E-state index contributed by atoms with van der Waals surface area (Å²) in [6.07, 6.45) is -1.000. The topological polar surface area (TPSA) is 94.5 Å². The summed E-state index contributed by atoms with van der Waals surface area (Å²) < 4.78 is 11.1. The molecule has 8 nitrogen and oxygen atoms in total. The number of carbonyl (C=O) groups excluding carboxylic acids is 1. The predicted molar refractivity (Wildman–Crippen MR) is 104 cm³/mol. The average Bonchev–Trinajstić information content (AvgIpc) is 3.07. The molecule has 0 bridgehead atoms. The number of aliphatic hydroxyl groups is 2. The van der Waals surface area contributed by atoms with Crippen LogP contribution in [0.1, 0.15) is 5.56 Å². The average molecular weight is 393 g/mol. The number of hydrogen-bond donors (Lipinski definition) is 3. The van der Waals surface area contributed by atoms with Crippen LogP contribution in [-0.2, 0) is 15.9 Å². The van der Waals surface area contributed by atoms with Crippen molar-refractivity contribution in [3.63, 3.8) is 0 Å². The van der Waals surface area contributed by atoms with Crippen LogP contribution in [0.4, 0.5) is 4.79 Å². The molecule has 2 aliphatic heterocycles. The van der Waals surface area contributed by atoms with E-state index in [-0.39, 0.29) is 25.2 Å². The summed E-state index contributed by atoms with van der Waals surface area (Å²) in [5, 5.41) is 23.1. The molecule has 4 atom stereocenters. The summed E-state index contributed by atoms with van der Waals surface area (Å²) >= 11 is 0. The van der Waals surface area contributed by atoms with Crippen LogP contribution in [0.3, 0.4) is 0 Å². The molecule has 2 saturated heterocycles. The number of urea groups is 1. The highest BCUT2D eigenvalue weighted by molar-refractivity contribution is 5.74. The lowest BCUT2D eigenvalue weighted by Crippen LogP contribution is -2.52. The first kappa shape index (κ1) is 21.0. The van der Waals surface area contributed by atoms with Gasteiger partial charge in [0.1, 0.15) is 12.2 Å². The first-order chi connectivity index (χ1) is 13.6. The molecule has 2 heterocycles. The van der Waals surface area contributed by atoms with Gasteiger partial charge in [-0.2, -0.15) is 0 Å². The van der Waals surface area contributed by atoms with Crippen molar-refractivity contribution in [1.29, 1.82) is 0 Å². The van der Waals surface area contributed by atoms with Gasteiger partial charge in [-0.1, -0.05) is 30.3 Å². The number of benzene rings is 1. The van der Waals surface area contributed by atoms with E-state index in [1.165, 1.54) is 5.56 Å². The molecule has 0 aromatic heterocycles. The fourth-order valence-corrected chi connectivity index (χ4v) is 3.86. The lowest BCUT2D eigenvalue weighted by molar-refractivity contribution is -0.0211. The SMILES string of the molecule is CN(CCc1ccccc1)[C@H]1[C@H](O)[C@H](CO)O[C@@H]1CNC(=O)N1CCOCC1. The Bertz CT molecular complexity index is 611. The van der Waals surface area contributed by atoms with Crippen LogP contribution < -0.4 is 5.32 Å². The number of likely N-dealkylation sites (N-methyl/N-ethyl adjacent to an activating group) is 1. The second-order valence-corrected chi connectivity index (χ2v) is 7.38. The van der Waals surface area contributed by atoms with Gasteiger partial charge in [0.2, 0.25) is 0 Å². The Labute approximate surface area is 166 Å². The maximum atomic E-state index is 12.4. The molecular formula is C20H31N3O5. The number of amides is 2. The van der Waals surface area contributed by atoms with Crippen molar-refractivity contribution in [2.75, 3.05) is 53.0 Å². The summed E-state index contributed by atoms with van der Waals surface area (Å²) in [5.41, 5.74) is 1.22. The third kappa shape index (κ3) is 5.21. The first-order valence-corrected chi connectivity index (χ1v) is 9.89. The van der Waals surface area contributed by atoms with Gasteiger partial charge in [-0.25, -0.2) is 4.79 Å². The zero-order chi connectivity index (χ0) is 19.9. The number of morpholine rings is 1. The summed E-state index contributed by atoms with van der Waals surface area (Å²) in [4.78, 5) is 16.1. The van der Waals surface area contributed by atoms with Gasteiger partial charge in [0.25, 0.3) is 0 Å². The quantitative estimate of drug-likeness (QED) is 0.589. The van der Waals surface area contributed by atoms with Crippen LogP contribution in [0.2, 0.25) is 0 Å². The molecule has 3 N–H and O–H groups in total. The highest BCUT2D eigenvalue weighted by Gasteiger charge is 2.45. The van der Waals surface area contributed by atoms with Crippen LogP contribution in [0.15, 0.2) is 30.3 Å². The number of nitrogens with one attached hydrogen (secondary N) is 1. The second-order valence-electron chi connectivity index (χ2n) is 7.38. The summed E-state index contributed by atoms with van der Waals surface area (Å²) in [5.74, 6) is 0. The Morgan fingerprint density at radius 1 is 1.25 bits per heavy atom. The predicted octanol–water partition coefficient (Wildman–Crippen LogP) is -0.308. The van der Waals surface area contributed by atoms with Gasteiger partial charge >= 0.3 is 6.03 Å². The molecule has 0 saturated carbocycles. The normalized spacial score (nSPS) is 27.9. The molecule has 0 unspecified atom stereocenters. The van der Waals surface area contributed by atoms with E-state index in [0.717, 1.165) is 13.0 Å². The van der Waals surface area contributed by atoms with E-state index in [1.807, 2.05) is 25.2 Å². The minimum absolute atomic E-state index is 0.153. The largest absolute Gasteiger partial charge is 0.394 e. The monoisotopic (exact) mass is 393 g/mol. The van der Waals surface area contributed by atoms with Gasteiger partial charge in [-0.3, -0.25) is 4.90 Å². The van der Waals surface area contributed by atoms with Crippen LogP contribution in [0.5, 0.6) is 0 Å². The number of nitrogens with zero attached hydrogens (tertiary/aromatic N) is 2. The molecule has 2 aliphatic rings. The maximum Gasteiger partial charge on any atom is 0.317 e. The van der Waals surface area contributed by atoms with Crippen molar-refractivity contribution >= 4 is 6.03 Å². The molecule has 1 aromatic carbocycles. The highest BCUT2D eigenvalue weighted by Crippen LogP contribution is 2.25. The highest BCUT2D eigenvalue weighted by atomic mass is 16.5. The van der Waals surface area contributed by atoms with Gasteiger partial charge in [0.05, 0.1) is 32.0 Å². The third-order valence-electron chi connectivity index (χ3n) is 5.50. The van der Waals surface area contributed by atoms with Gasteiger partial charge in [0.15, 0.2) is 0 Å².